The lowest BCUT2D eigenvalue weighted by Gasteiger charge is -2.34. The highest BCUT2D eigenvalue weighted by atomic mass is 15.3. The monoisotopic (exact) mass is 349 g/mol. The van der Waals surface area contributed by atoms with E-state index in [1.807, 2.05) is 19.9 Å². The fourth-order valence-electron chi connectivity index (χ4n) is 3.85. The third-order valence-electron chi connectivity index (χ3n) is 5.22. The van der Waals surface area contributed by atoms with E-state index < -0.39 is 0 Å². The van der Waals surface area contributed by atoms with Crippen LogP contribution in [0.1, 0.15) is 23.4 Å². The van der Waals surface area contributed by atoms with Gasteiger partial charge in [-0.3, -0.25) is 4.90 Å². The fraction of sp³-hybridized carbons (Fsp3) is 0.429. The van der Waals surface area contributed by atoms with Gasteiger partial charge in [0.15, 0.2) is 0 Å². The number of hydrogen-bond acceptors (Lipinski definition) is 4. The van der Waals surface area contributed by atoms with Crippen LogP contribution in [0.25, 0.3) is 10.9 Å². The Kier molecular flexibility index (Phi) is 4.89. The van der Waals surface area contributed by atoms with Crippen molar-refractivity contribution in [1.82, 2.24) is 19.9 Å². The Morgan fingerprint density at radius 3 is 2.50 bits per heavy atom. The SMILES string of the molecule is Cc1cc(C)nc(N2CCN(CCCc3c[nH]c4ccccc34)CC2)n1. The van der Waals surface area contributed by atoms with E-state index in [9.17, 15) is 0 Å². The summed E-state index contributed by atoms with van der Waals surface area (Å²) in [6, 6.07) is 10.6. The maximum Gasteiger partial charge on any atom is 0.225 e. The zero-order valence-electron chi connectivity index (χ0n) is 15.7. The van der Waals surface area contributed by atoms with Crippen LogP contribution in [0.15, 0.2) is 36.5 Å². The van der Waals surface area contributed by atoms with Gasteiger partial charge in [0.25, 0.3) is 0 Å². The molecule has 0 radical (unpaired) electrons. The number of anilines is 1. The summed E-state index contributed by atoms with van der Waals surface area (Å²) in [6.45, 7) is 9.43. The second kappa shape index (κ2) is 7.46. The molecule has 3 aromatic rings. The molecular formula is C21H27N5. The molecule has 5 heteroatoms. The van der Waals surface area contributed by atoms with Gasteiger partial charge in [-0.15, -0.1) is 0 Å². The van der Waals surface area contributed by atoms with E-state index in [-0.39, 0.29) is 0 Å². The lowest BCUT2D eigenvalue weighted by atomic mass is 10.1. The lowest BCUT2D eigenvalue weighted by Crippen LogP contribution is -2.47. The molecule has 1 aromatic carbocycles. The van der Waals surface area contributed by atoms with Gasteiger partial charge in [0.2, 0.25) is 5.95 Å². The van der Waals surface area contributed by atoms with Gasteiger partial charge in [0.05, 0.1) is 0 Å². The van der Waals surface area contributed by atoms with Gasteiger partial charge in [0.1, 0.15) is 0 Å². The summed E-state index contributed by atoms with van der Waals surface area (Å²) in [6.07, 6.45) is 4.49. The summed E-state index contributed by atoms with van der Waals surface area (Å²) in [5, 5.41) is 1.37. The van der Waals surface area contributed by atoms with E-state index in [2.05, 4.69) is 55.2 Å². The maximum atomic E-state index is 4.60. The van der Waals surface area contributed by atoms with Crippen molar-refractivity contribution in [2.45, 2.75) is 26.7 Å². The minimum atomic E-state index is 0.890. The predicted octanol–water partition coefficient (Wildman–Crippen LogP) is 3.33. The smallest absolute Gasteiger partial charge is 0.225 e. The van der Waals surface area contributed by atoms with Crippen LogP contribution in [-0.4, -0.2) is 52.6 Å². The zero-order chi connectivity index (χ0) is 17.9. The normalized spacial score (nSPS) is 15.7. The topological polar surface area (TPSA) is 48.1 Å². The Labute approximate surface area is 155 Å². The van der Waals surface area contributed by atoms with Crippen molar-refractivity contribution in [2.24, 2.45) is 0 Å². The van der Waals surface area contributed by atoms with Crippen molar-refractivity contribution in [3.63, 3.8) is 0 Å². The van der Waals surface area contributed by atoms with Crippen LogP contribution >= 0.6 is 0 Å². The summed E-state index contributed by atoms with van der Waals surface area (Å²) >= 11 is 0. The van der Waals surface area contributed by atoms with Crippen LogP contribution in [0.3, 0.4) is 0 Å². The van der Waals surface area contributed by atoms with Crippen LogP contribution in [0.2, 0.25) is 0 Å². The minimum Gasteiger partial charge on any atom is -0.361 e. The summed E-state index contributed by atoms with van der Waals surface area (Å²) in [7, 11) is 0. The van der Waals surface area contributed by atoms with Crippen molar-refractivity contribution in [3.8, 4) is 0 Å². The van der Waals surface area contributed by atoms with Crippen LogP contribution in [-0.2, 0) is 6.42 Å². The second-order valence-corrected chi connectivity index (χ2v) is 7.24. The maximum absolute atomic E-state index is 4.60. The summed E-state index contributed by atoms with van der Waals surface area (Å²) in [4.78, 5) is 17.5. The first kappa shape index (κ1) is 17.0. The Balaban J connectivity index is 1.27. The minimum absolute atomic E-state index is 0.890. The molecule has 1 saturated heterocycles. The van der Waals surface area contributed by atoms with E-state index in [4.69, 9.17) is 0 Å². The predicted molar refractivity (Wildman–Crippen MR) is 107 cm³/mol. The zero-order valence-corrected chi connectivity index (χ0v) is 15.7. The van der Waals surface area contributed by atoms with Crippen LogP contribution in [0.5, 0.6) is 0 Å². The number of benzene rings is 1. The Morgan fingerprint density at radius 1 is 1.00 bits per heavy atom. The Bertz CT molecular complexity index is 857. The molecule has 0 bridgehead atoms. The molecule has 1 aliphatic rings. The third-order valence-corrected chi connectivity index (χ3v) is 5.22. The van der Waals surface area contributed by atoms with E-state index in [0.29, 0.717) is 0 Å². The summed E-state index contributed by atoms with van der Waals surface area (Å²) < 4.78 is 0. The largest absolute Gasteiger partial charge is 0.361 e. The van der Waals surface area contributed by atoms with Crippen LogP contribution < -0.4 is 4.90 Å². The van der Waals surface area contributed by atoms with E-state index in [0.717, 1.165) is 56.5 Å². The number of aromatic nitrogens is 3. The number of nitrogens with one attached hydrogen (secondary N) is 1. The number of H-pyrrole nitrogens is 1. The molecule has 1 aliphatic heterocycles. The van der Waals surface area contributed by atoms with E-state index >= 15 is 0 Å². The van der Waals surface area contributed by atoms with Crippen molar-refractivity contribution in [2.75, 3.05) is 37.6 Å². The first-order valence-corrected chi connectivity index (χ1v) is 9.53. The van der Waals surface area contributed by atoms with Crippen molar-refractivity contribution < 1.29 is 0 Å². The molecule has 26 heavy (non-hydrogen) atoms. The Hall–Kier alpha value is -2.40. The molecule has 0 saturated carbocycles. The molecule has 3 heterocycles. The van der Waals surface area contributed by atoms with E-state index in [1.165, 1.54) is 22.9 Å². The lowest BCUT2D eigenvalue weighted by molar-refractivity contribution is 0.254. The summed E-state index contributed by atoms with van der Waals surface area (Å²) in [5.41, 5.74) is 4.77. The van der Waals surface area contributed by atoms with Gasteiger partial charge in [-0.1, -0.05) is 18.2 Å². The number of rotatable bonds is 5. The van der Waals surface area contributed by atoms with Gasteiger partial charge in [0, 0.05) is 54.7 Å². The van der Waals surface area contributed by atoms with Crippen LogP contribution in [0, 0.1) is 13.8 Å². The van der Waals surface area contributed by atoms with E-state index in [1.54, 1.807) is 0 Å². The molecule has 0 amide bonds. The van der Waals surface area contributed by atoms with Gasteiger partial charge in [-0.2, -0.15) is 0 Å². The molecule has 0 spiro atoms. The highest BCUT2D eigenvalue weighted by Gasteiger charge is 2.19. The van der Waals surface area contributed by atoms with Gasteiger partial charge < -0.3 is 9.88 Å². The quantitative estimate of drug-likeness (QED) is 0.767. The highest BCUT2D eigenvalue weighted by Crippen LogP contribution is 2.19. The first-order valence-electron chi connectivity index (χ1n) is 9.53. The average molecular weight is 349 g/mol. The molecular weight excluding hydrogens is 322 g/mol. The molecule has 4 rings (SSSR count). The number of hydrogen-bond donors (Lipinski definition) is 1. The van der Waals surface area contributed by atoms with Gasteiger partial charge in [-0.05, 0) is 50.9 Å². The standard InChI is InChI=1S/C21H27N5/c1-16-14-17(2)24-21(23-16)26-12-10-25(11-13-26)9-5-6-18-15-22-20-8-4-3-7-19(18)20/h3-4,7-8,14-15,22H,5-6,9-13H2,1-2H3. The molecule has 0 atom stereocenters. The highest BCUT2D eigenvalue weighted by molar-refractivity contribution is 5.82. The molecule has 1 N–H and O–H groups in total. The van der Waals surface area contributed by atoms with Crippen molar-refractivity contribution in [1.29, 1.82) is 0 Å². The van der Waals surface area contributed by atoms with Gasteiger partial charge >= 0.3 is 0 Å². The van der Waals surface area contributed by atoms with Crippen molar-refractivity contribution in [3.05, 3.63) is 53.5 Å². The van der Waals surface area contributed by atoms with Crippen LogP contribution in [0.4, 0.5) is 5.95 Å². The molecule has 136 valence electrons. The number of nitrogens with zero attached hydrogens (tertiary/aromatic N) is 4. The van der Waals surface area contributed by atoms with Crippen molar-refractivity contribution >= 4 is 16.9 Å². The number of para-hydroxylation sites is 1. The number of aromatic amines is 1. The Morgan fingerprint density at radius 2 is 1.73 bits per heavy atom. The fourth-order valence-corrected chi connectivity index (χ4v) is 3.85. The molecule has 0 aliphatic carbocycles. The number of fused-ring (bicyclic) bond motifs is 1. The van der Waals surface area contributed by atoms with Gasteiger partial charge in [-0.25, -0.2) is 9.97 Å². The molecule has 2 aromatic heterocycles. The third kappa shape index (κ3) is 3.73. The first-order chi connectivity index (χ1) is 12.7. The molecule has 5 nitrogen and oxygen atoms in total. The summed E-state index contributed by atoms with van der Waals surface area (Å²) in [5.74, 6) is 0.890. The average Bonchev–Trinajstić information content (AvgIpc) is 3.05. The molecule has 1 fully saturated rings. The molecule has 0 unspecified atom stereocenters. The second-order valence-electron chi connectivity index (χ2n) is 7.24. The number of aryl methyl sites for hydroxylation is 3. The number of piperazine rings is 1.